The lowest BCUT2D eigenvalue weighted by Gasteiger charge is -2.29. The van der Waals surface area contributed by atoms with Crippen molar-refractivity contribution in [2.45, 2.75) is 25.5 Å². The second-order valence-electron chi connectivity index (χ2n) is 8.82. The van der Waals surface area contributed by atoms with E-state index < -0.39 is 18.0 Å². The minimum Gasteiger partial charge on any atom is -0.480 e. The van der Waals surface area contributed by atoms with Crippen LogP contribution in [0.25, 0.3) is 0 Å². The van der Waals surface area contributed by atoms with Gasteiger partial charge in [0.2, 0.25) is 0 Å². The number of hydrogen-bond donors (Lipinski definition) is 3. The molecule has 3 heterocycles. The molecule has 39 heavy (non-hydrogen) atoms. The van der Waals surface area contributed by atoms with E-state index in [1.807, 2.05) is 18.2 Å². The number of amides is 3. The zero-order chi connectivity index (χ0) is 27.4. The summed E-state index contributed by atoms with van der Waals surface area (Å²) in [6, 6.07) is 17.8. The van der Waals surface area contributed by atoms with Crippen LogP contribution in [0.4, 0.5) is 10.6 Å². The van der Waals surface area contributed by atoms with Crippen LogP contribution < -0.4 is 20.7 Å². The highest BCUT2D eigenvalue weighted by molar-refractivity contribution is 6.31. The largest absolute Gasteiger partial charge is 0.480 e. The fraction of sp³-hybridized carbons (Fsp3) is 0.179. The van der Waals surface area contributed by atoms with Crippen LogP contribution in [0.1, 0.15) is 34.8 Å². The second-order valence-corrected chi connectivity index (χ2v) is 9.23. The first-order valence-electron chi connectivity index (χ1n) is 12.0. The molecule has 1 aromatic heterocycles. The number of nitrogens with zero attached hydrogens (tertiary/aromatic N) is 2. The molecular weight excluding hydrogens is 522 g/mol. The van der Waals surface area contributed by atoms with E-state index in [0.29, 0.717) is 39.7 Å². The van der Waals surface area contributed by atoms with Crippen LogP contribution in [0.15, 0.2) is 71.9 Å². The van der Waals surface area contributed by atoms with Crippen LogP contribution in [0.2, 0.25) is 5.02 Å². The number of anilines is 1. The van der Waals surface area contributed by atoms with Gasteiger partial charge >= 0.3 is 12.0 Å². The summed E-state index contributed by atoms with van der Waals surface area (Å²) in [6.45, 7) is -0.216. The highest BCUT2D eigenvalue weighted by Gasteiger charge is 2.35. The molecule has 3 N–H and O–H groups in total. The molecule has 0 aliphatic carbocycles. The first kappa shape index (κ1) is 25.8. The molecule has 3 aromatic rings. The molecule has 0 bridgehead atoms. The van der Waals surface area contributed by atoms with Crippen molar-refractivity contribution in [2.75, 3.05) is 11.9 Å². The van der Waals surface area contributed by atoms with Crippen LogP contribution >= 0.6 is 11.6 Å². The number of aromatic nitrogens is 1. The van der Waals surface area contributed by atoms with E-state index in [0.717, 1.165) is 5.56 Å². The van der Waals surface area contributed by atoms with Crippen molar-refractivity contribution in [1.82, 2.24) is 15.6 Å². The van der Waals surface area contributed by atoms with Gasteiger partial charge in [-0.3, -0.25) is 4.79 Å². The van der Waals surface area contributed by atoms with E-state index in [4.69, 9.17) is 21.1 Å². The second kappa shape index (κ2) is 11.2. The van der Waals surface area contributed by atoms with Crippen molar-refractivity contribution in [3.63, 3.8) is 0 Å². The molecule has 0 saturated heterocycles. The third-order valence-electron chi connectivity index (χ3n) is 6.19. The molecule has 3 amide bonds. The minimum atomic E-state index is -0.970. The lowest BCUT2D eigenvalue weighted by molar-refractivity contribution is -0.140. The summed E-state index contributed by atoms with van der Waals surface area (Å²) in [5.41, 5.74) is 2.76. The molecule has 0 saturated carbocycles. The molecule has 2 aliphatic heterocycles. The summed E-state index contributed by atoms with van der Waals surface area (Å²) in [7, 11) is 0. The van der Waals surface area contributed by atoms with Crippen molar-refractivity contribution < 1.29 is 23.9 Å². The quantitative estimate of drug-likeness (QED) is 0.383. The smallest absolute Gasteiger partial charge is 0.338 e. The van der Waals surface area contributed by atoms with Crippen LogP contribution in [0, 0.1) is 11.3 Å². The number of nitrogens with one attached hydrogen (secondary N) is 3. The Labute approximate surface area is 228 Å². The number of aryl methyl sites for hydroxylation is 1. The zero-order valence-electron chi connectivity index (χ0n) is 20.5. The Balaban J connectivity index is 1.49. The summed E-state index contributed by atoms with van der Waals surface area (Å²) in [4.78, 5) is 42.6. The van der Waals surface area contributed by atoms with Gasteiger partial charge in [0, 0.05) is 10.7 Å². The lowest BCUT2D eigenvalue weighted by Crippen LogP contribution is -2.46. The molecule has 1 atom stereocenters. The van der Waals surface area contributed by atoms with E-state index in [9.17, 15) is 19.6 Å². The average molecular weight is 544 g/mol. The van der Waals surface area contributed by atoms with Crippen LogP contribution in [0.3, 0.4) is 0 Å². The first-order valence-corrected chi connectivity index (χ1v) is 12.4. The van der Waals surface area contributed by atoms with E-state index in [-0.39, 0.29) is 36.9 Å². The van der Waals surface area contributed by atoms with Crippen LogP contribution in [-0.2, 0) is 27.4 Å². The van der Waals surface area contributed by atoms with Crippen LogP contribution in [0.5, 0.6) is 5.75 Å². The number of urea groups is 1. The maximum Gasteiger partial charge on any atom is 0.338 e. The summed E-state index contributed by atoms with van der Waals surface area (Å²) in [6.07, 6.45) is 0.733. The highest BCUT2D eigenvalue weighted by Crippen LogP contribution is 2.33. The molecule has 5 rings (SSSR count). The number of hydrogen-bond acceptors (Lipinski definition) is 7. The molecule has 10 nitrogen and oxygen atoms in total. The van der Waals surface area contributed by atoms with Crippen molar-refractivity contribution in [1.29, 1.82) is 5.26 Å². The number of carbonyl (C=O) groups excluding carboxylic acids is 3. The molecule has 0 radical (unpaired) electrons. The molecule has 11 heteroatoms. The number of allylic oxidation sites excluding steroid dienone is 1. The molecule has 0 spiro atoms. The van der Waals surface area contributed by atoms with Gasteiger partial charge in [-0.2, -0.15) is 5.26 Å². The first-order chi connectivity index (χ1) is 18.9. The van der Waals surface area contributed by atoms with E-state index >= 15 is 0 Å². The number of nitriles is 1. The number of halogens is 1. The highest BCUT2D eigenvalue weighted by atomic mass is 35.5. The summed E-state index contributed by atoms with van der Waals surface area (Å²) < 4.78 is 11.0. The van der Waals surface area contributed by atoms with E-state index in [1.165, 1.54) is 0 Å². The minimum absolute atomic E-state index is 0.0855. The number of esters is 1. The Morgan fingerprint density at radius 3 is 2.77 bits per heavy atom. The SMILES string of the molecule is N#Cc1cccc(COC(=O)C2=C(CCc3ccccc3Cl)NC(=O)NC2c2ccc3c(n2)NC(=O)CO3)c1. The average Bonchev–Trinajstić information content (AvgIpc) is 2.94. The standard InChI is InChI=1S/C28H22ClN5O5/c29-19-7-2-1-6-18(19)8-9-20-24(27(36)39-14-17-5-3-4-16(12-17)13-30)25(34-28(37)32-20)21-10-11-22-26(31-21)33-23(35)15-38-22/h1-7,10-12,25H,8-9,14-15H2,(H,31,33,35)(H2,32,34,37). The number of benzene rings is 2. The predicted octanol–water partition coefficient (Wildman–Crippen LogP) is 3.92. The van der Waals surface area contributed by atoms with Gasteiger partial charge in [0.15, 0.2) is 18.2 Å². The fourth-order valence-corrected chi connectivity index (χ4v) is 4.57. The Bertz CT molecular complexity index is 1550. The number of carbonyl (C=O) groups is 3. The number of fused-ring (bicyclic) bond motifs is 1. The monoisotopic (exact) mass is 543 g/mol. The summed E-state index contributed by atoms with van der Waals surface area (Å²) >= 11 is 6.33. The van der Waals surface area contributed by atoms with E-state index in [2.05, 4.69) is 27.0 Å². The number of rotatable bonds is 7. The predicted molar refractivity (Wildman–Crippen MR) is 141 cm³/mol. The molecule has 2 aromatic carbocycles. The topological polar surface area (TPSA) is 142 Å². The van der Waals surface area contributed by atoms with Crippen molar-refractivity contribution >= 4 is 35.3 Å². The molecular formula is C28H22ClN5O5. The van der Waals surface area contributed by atoms with E-state index in [1.54, 1.807) is 42.5 Å². The normalized spacial score (nSPS) is 16.2. The number of ether oxygens (including phenoxy) is 2. The maximum atomic E-state index is 13.6. The van der Waals surface area contributed by atoms with Crippen LogP contribution in [-0.4, -0.2) is 29.5 Å². The molecule has 1 unspecified atom stereocenters. The molecule has 2 aliphatic rings. The van der Waals surface area contributed by atoms with Crippen molar-refractivity contribution in [3.05, 3.63) is 99.3 Å². The maximum absolute atomic E-state index is 13.6. The van der Waals surface area contributed by atoms with Gasteiger partial charge in [0.25, 0.3) is 5.91 Å². The third-order valence-corrected chi connectivity index (χ3v) is 6.56. The Morgan fingerprint density at radius 2 is 1.95 bits per heavy atom. The van der Waals surface area contributed by atoms with Gasteiger partial charge in [0.1, 0.15) is 12.6 Å². The number of pyridine rings is 1. The van der Waals surface area contributed by atoms with Gasteiger partial charge in [-0.25, -0.2) is 14.6 Å². The van der Waals surface area contributed by atoms with Gasteiger partial charge in [-0.15, -0.1) is 0 Å². The zero-order valence-corrected chi connectivity index (χ0v) is 21.2. The van der Waals surface area contributed by atoms with Gasteiger partial charge in [0.05, 0.1) is 22.9 Å². The lowest BCUT2D eigenvalue weighted by atomic mass is 9.95. The van der Waals surface area contributed by atoms with Gasteiger partial charge in [-0.05, 0) is 54.3 Å². The Morgan fingerprint density at radius 1 is 1.10 bits per heavy atom. The van der Waals surface area contributed by atoms with Gasteiger partial charge in [-0.1, -0.05) is 41.9 Å². The Kier molecular flexibility index (Phi) is 7.43. The summed E-state index contributed by atoms with van der Waals surface area (Å²) in [5, 5.41) is 17.9. The van der Waals surface area contributed by atoms with Crippen molar-refractivity contribution in [2.24, 2.45) is 0 Å². The fourth-order valence-electron chi connectivity index (χ4n) is 4.34. The van der Waals surface area contributed by atoms with Gasteiger partial charge < -0.3 is 25.4 Å². The van der Waals surface area contributed by atoms with Crippen molar-refractivity contribution in [3.8, 4) is 11.8 Å². The molecule has 0 fully saturated rings. The Hall–Kier alpha value is -4.88. The molecule has 196 valence electrons. The third kappa shape index (κ3) is 5.84. The summed E-state index contributed by atoms with van der Waals surface area (Å²) in [5.74, 6) is -0.473.